The molecule has 1 aromatic rings. The van der Waals surface area contributed by atoms with Crippen molar-refractivity contribution in [3.63, 3.8) is 0 Å². The van der Waals surface area contributed by atoms with Crippen LogP contribution in [0.3, 0.4) is 0 Å². The van der Waals surface area contributed by atoms with Gasteiger partial charge in [0.15, 0.2) is 0 Å². The van der Waals surface area contributed by atoms with E-state index in [2.05, 4.69) is 23.8 Å². The summed E-state index contributed by atoms with van der Waals surface area (Å²) in [6, 6.07) is 0. The van der Waals surface area contributed by atoms with Gasteiger partial charge in [0.05, 0.1) is 5.69 Å². The molecule has 1 aliphatic carbocycles. The minimum absolute atomic E-state index is 0.729. The second kappa shape index (κ2) is 5.04. The molecule has 2 fully saturated rings. The number of rotatable bonds is 3. The summed E-state index contributed by atoms with van der Waals surface area (Å²) in [6.07, 6.45) is 6.65. The van der Waals surface area contributed by atoms with Crippen LogP contribution in [0.25, 0.3) is 0 Å². The van der Waals surface area contributed by atoms with E-state index in [1.165, 1.54) is 43.4 Å². The van der Waals surface area contributed by atoms with Gasteiger partial charge in [-0.05, 0) is 58.2 Å². The van der Waals surface area contributed by atoms with Crippen LogP contribution in [0.5, 0.6) is 0 Å². The molecule has 2 heterocycles. The SMILES string of the molecule is CCn1nc(C2CCC2)c(C)c1C1CCNCC1. The first kappa shape index (κ1) is 12.2. The van der Waals surface area contributed by atoms with Crippen molar-refractivity contribution in [3.05, 3.63) is 17.0 Å². The van der Waals surface area contributed by atoms with Gasteiger partial charge in [-0.2, -0.15) is 5.10 Å². The van der Waals surface area contributed by atoms with E-state index in [1.54, 1.807) is 5.69 Å². The fourth-order valence-corrected chi connectivity index (χ4v) is 3.51. The van der Waals surface area contributed by atoms with Crippen molar-refractivity contribution < 1.29 is 0 Å². The van der Waals surface area contributed by atoms with Crippen molar-refractivity contribution in [3.8, 4) is 0 Å². The van der Waals surface area contributed by atoms with E-state index in [0.717, 1.165) is 31.5 Å². The number of piperidine rings is 1. The second-order valence-electron chi connectivity index (χ2n) is 5.86. The van der Waals surface area contributed by atoms with Gasteiger partial charge in [-0.3, -0.25) is 4.68 Å². The summed E-state index contributed by atoms with van der Waals surface area (Å²) in [5.41, 5.74) is 4.46. The molecule has 0 unspecified atom stereocenters. The minimum atomic E-state index is 0.729. The standard InChI is InChI=1S/C15H25N3/c1-3-18-15(13-7-9-16-10-8-13)11(2)14(17-18)12-5-4-6-12/h12-13,16H,3-10H2,1-2H3. The molecule has 1 saturated heterocycles. The lowest BCUT2D eigenvalue weighted by atomic mass is 9.80. The van der Waals surface area contributed by atoms with Crippen LogP contribution in [0.15, 0.2) is 0 Å². The topological polar surface area (TPSA) is 29.9 Å². The fourth-order valence-electron chi connectivity index (χ4n) is 3.51. The molecule has 0 bridgehead atoms. The molecule has 0 spiro atoms. The largest absolute Gasteiger partial charge is 0.317 e. The van der Waals surface area contributed by atoms with Gasteiger partial charge in [-0.1, -0.05) is 6.42 Å². The van der Waals surface area contributed by atoms with E-state index in [1.807, 2.05) is 0 Å². The lowest BCUT2D eigenvalue weighted by molar-refractivity contribution is 0.403. The maximum Gasteiger partial charge on any atom is 0.0687 e. The van der Waals surface area contributed by atoms with E-state index in [9.17, 15) is 0 Å². The lowest BCUT2D eigenvalue weighted by Gasteiger charge is -2.25. The Bertz CT molecular complexity index is 412. The van der Waals surface area contributed by atoms with Crippen molar-refractivity contribution >= 4 is 0 Å². The molecule has 1 N–H and O–H groups in total. The number of nitrogens with one attached hydrogen (secondary N) is 1. The number of aryl methyl sites for hydroxylation is 1. The molecule has 2 aliphatic rings. The molecule has 1 aromatic heterocycles. The molecule has 3 heteroatoms. The van der Waals surface area contributed by atoms with Gasteiger partial charge in [-0.25, -0.2) is 0 Å². The average molecular weight is 247 g/mol. The number of hydrogen-bond acceptors (Lipinski definition) is 2. The van der Waals surface area contributed by atoms with Crippen LogP contribution in [-0.2, 0) is 6.54 Å². The van der Waals surface area contributed by atoms with E-state index in [4.69, 9.17) is 5.10 Å². The predicted molar refractivity (Wildman–Crippen MR) is 74.1 cm³/mol. The maximum absolute atomic E-state index is 4.92. The zero-order valence-corrected chi connectivity index (χ0v) is 11.7. The smallest absolute Gasteiger partial charge is 0.0687 e. The number of hydrogen-bond donors (Lipinski definition) is 1. The monoisotopic (exact) mass is 247 g/mol. The van der Waals surface area contributed by atoms with E-state index in [0.29, 0.717) is 0 Å². The molecule has 0 amide bonds. The van der Waals surface area contributed by atoms with Gasteiger partial charge in [-0.15, -0.1) is 0 Å². The van der Waals surface area contributed by atoms with E-state index in [-0.39, 0.29) is 0 Å². The highest BCUT2D eigenvalue weighted by molar-refractivity contribution is 5.31. The normalized spacial score (nSPS) is 22.1. The van der Waals surface area contributed by atoms with Crippen LogP contribution in [0.2, 0.25) is 0 Å². The molecule has 100 valence electrons. The van der Waals surface area contributed by atoms with Gasteiger partial charge >= 0.3 is 0 Å². The third kappa shape index (κ3) is 1.99. The Kier molecular flexibility index (Phi) is 3.42. The van der Waals surface area contributed by atoms with E-state index >= 15 is 0 Å². The molecule has 1 saturated carbocycles. The Balaban J connectivity index is 1.92. The summed E-state index contributed by atoms with van der Waals surface area (Å²) < 4.78 is 2.29. The highest BCUT2D eigenvalue weighted by atomic mass is 15.3. The summed E-state index contributed by atoms with van der Waals surface area (Å²) in [4.78, 5) is 0. The minimum Gasteiger partial charge on any atom is -0.317 e. The van der Waals surface area contributed by atoms with Crippen LogP contribution in [0, 0.1) is 6.92 Å². The Morgan fingerprint density at radius 2 is 1.89 bits per heavy atom. The van der Waals surface area contributed by atoms with Crippen molar-refractivity contribution in [2.45, 2.75) is 64.3 Å². The predicted octanol–water partition coefficient (Wildman–Crippen LogP) is 2.95. The molecule has 18 heavy (non-hydrogen) atoms. The third-order valence-electron chi connectivity index (χ3n) is 4.79. The highest BCUT2D eigenvalue weighted by Gasteiger charge is 2.29. The zero-order chi connectivity index (χ0) is 12.5. The molecule has 1 aliphatic heterocycles. The molecular formula is C15H25N3. The fraction of sp³-hybridized carbons (Fsp3) is 0.800. The molecule has 0 radical (unpaired) electrons. The van der Waals surface area contributed by atoms with Gasteiger partial charge in [0.2, 0.25) is 0 Å². The summed E-state index contributed by atoms with van der Waals surface area (Å²) in [6.45, 7) is 7.88. The molecule has 3 rings (SSSR count). The summed E-state index contributed by atoms with van der Waals surface area (Å²) in [5.74, 6) is 1.49. The van der Waals surface area contributed by atoms with Crippen LogP contribution < -0.4 is 5.32 Å². The molecule has 3 nitrogen and oxygen atoms in total. The number of aromatic nitrogens is 2. The third-order valence-corrected chi connectivity index (χ3v) is 4.79. The van der Waals surface area contributed by atoms with Gasteiger partial charge in [0, 0.05) is 24.1 Å². The Hall–Kier alpha value is -0.830. The summed E-state index contributed by atoms with van der Waals surface area (Å²) in [5, 5.41) is 8.39. The van der Waals surface area contributed by atoms with Crippen LogP contribution in [0.4, 0.5) is 0 Å². The second-order valence-corrected chi connectivity index (χ2v) is 5.86. The van der Waals surface area contributed by atoms with E-state index < -0.39 is 0 Å². The van der Waals surface area contributed by atoms with Gasteiger partial charge in [0.1, 0.15) is 0 Å². The van der Waals surface area contributed by atoms with Crippen molar-refractivity contribution in [2.24, 2.45) is 0 Å². The van der Waals surface area contributed by atoms with Crippen LogP contribution >= 0.6 is 0 Å². The lowest BCUT2D eigenvalue weighted by Crippen LogP contribution is -2.28. The first-order valence-corrected chi connectivity index (χ1v) is 7.59. The number of nitrogens with zero attached hydrogens (tertiary/aromatic N) is 2. The molecule has 0 atom stereocenters. The quantitative estimate of drug-likeness (QED) is 0.890. The summed E-state index contributed by atoms with van der Waals surface area (Å²) >= 11 is 0. The summed E-state index contributed by atoms with van der Waals surface area (Å²) in [7, 11) is 0. The van der Waals surface area contributed by atoms with Gasteiger partial charge in [0.25, 0.3) is 0 Å². The first-order chi connectivity index (χ1) is 8.81. The Morgan fingerprint density at radius 3 is 2.44 bits per heavy atom. The Labute approximate surface area is 110 Å². The maximum atomic E-state index is 4.92. The first-order valence-electron chi connectivity index (χ1n) is 7.59. The van der Waals surface area contributed by atoms with Crippen molar-refractivity contribution in [1.29, 1.82) is 0 Å². The van der Waals surface area contributed by atoms with Gasteiger partial charge < -0.3 is 5.32 Å². The Morgan fingerprint density at radius 1 is 1.17 bits per heavy atom. The average Bonchev–Trinajstić information content (AvgIpc) is 2.66. The van der Waals surface area contributed by atoms with Crippen molar-refractivity contribution in [1.82, 2.24) is 15.1 Å². The highest BCUT2D eigenvalue weighted by Crippen LogP contribution is 2.40. The van der Waals surface area contributed by atoms with Crippen LogP contribution in [-0.4, -0.2) is 22.9 Å². The van der Waals surface area contributed by atoms with Crippen LogP contribution in [0.1, 0.15) is 67.8 Å². The molecule has 0 aromatic carbocycles. The van der Waals surface area contributed by atoms with Crippen molar-refractivity contribution in [2.75, 3.05) is 13.1 Å². The zero-order valence-electron chi connectivity index (χ0n) is 11.7. The molecular weight excluding hydrogens is 222 g/mol.